The van der Waals surface area contributed by atoms with Crippen molar-refractivity contribution in [3.05, 3.63) is 29.3 Å². The molecule has 2 N–H and O–H groups in total. The second kappa shape index (κ2) is 8.66. The Hall–Kier alpha value is -0.720. The van der Waals surface area contributed by atoms with Crippen LogP contribution >= 0.6 is 11.8 Å². The van der Waals surface area contributed by atoms with Crippen molar-refractivity contribution in [2.45, 2.75) is 43.3 Å². The minimum Gasteiger partial charge on any atom is -0.385 e. The summed E-state index contributed by atoms with van der Waals surface area (Å²) in [6.45, 7) is 2.49. The van der Waals surface area contributed by atoms with Gasteiger partial charge < -0.3 is 10.5 Å². The molecular formula is C15H22F3NOS. The lowest BCUT2D eigenvalue weighted by molar-refractivity contribution is -0.138. The molecule has 0 fully saturated rings. The van der Waals surface area contributed by atoms with Crippen molar-refractivity contribution in [2.75, 3.05) is 19.5 Å². The van der Waals surface area contributed by atoms with E-state index in [4.69, 9.17) is 10.5 Å². The quantitative estimate of drug-likeness (QED) is 0.578. The Balaban J connectivity index is 2.86. The summed E-state index contributed by atoms with van der Waals surface area (Å²) in [6, 6.07) is 4.28. The summed E-state index contributed by atoms with van der Waals surface area (Å²) in [5.74, 6) is 0.735. The normalized spacial score (nSPS) is 13.4. The highest BCUT2D eigenvalue weighted by Crippen LogP contribution is 2.35. The zero-order valence-corrected chi connectivity index (χ0v) is 13.2. The number of halogens is 3. The van der Waals surface area contributed by atoms with E-state index in [1.54, 1.807) is 19.2 Å². The number of ether oxygens (including phenoxy) is 1. The molecule has 1 rings (SSSR count). The number of hydrogen-bond acceptors (Lipinski definition) is 3. The lowest BCUT2D eigenvalue weighted by atomic mass is 9.99. The summed E-state index contributed by atoms with van der Waals surface area (Å²) in [5, 5.41) is 0. The lowest BCUT2D eigenvalue weighted by Gasteiger charge is -2.17. The van der Waals surface area contributed by atoms with Crippen molar-refractivity contribution in [3.8, 4) is 0 Å². The molecule has 1 aromatic carbocycles. The average molecular weight is 321 g/mol. The number of benzene rings is 1. The Morgan fingerprint density at radius 1 is 1.33 bits per heavy atom. The van der Waals surface area contributed by atoms with Crippen molar-refractivity contribution >= 4 is 11.8 Å². The Kier molecular flexibility index (Phi) is 7.56. The monoisotopic (exact) mass is 321 g/mol. The van der Waals surface area contributed by atoms with E-state index in [1.807, 2.05) is 6.92 Å². The van der Waals surface area contributed by atoms with E-state index in [0.717, 1.165) is 12.2 Å². The van der Waals surface area contributed by atoms with Crippen LogP contribution in [0.5, 0.6) is 0 Å². The molecule has 0 spiro atoms. The van der Waals surface area contributed by atoms with Gasteiger partial charge in [0.1, 0.15) is 0 Å². The molecule has 0 amide bonds. The van der Waals surface area contributed by atoms with Gasteiger partial charge >= 0.3 is 6.18 Å². The Morgan fingerprint density at radius 3 is 2.62 bits per heavy atom. The summed E-state index contributed by atoms with van der Waals surface area (Å²) in [4.78, 5) is 0.632. The highest BCUT2D eigenvalue weighted by molar-refractivity contribution is 7.99. The van der Waals surface area contributed by atoms with Crippen molar-refractivity contribution in [3.63, 3.8) is 0 Å². The number of rotatable bonds is 8. The molecule has 2 nitrogen and oxygen atoms in total. The number of hydrogen-bond donors (Lipinski definition) is 1. The second-order valence-electron chi connectivity index (χ2n) is 4.88. The molecule has 21 heavy (non-hydrogen) atoms. The van der Waals surface area contributed by atoms with E-state index >= 15 is 0 Å². The summed E-state index contributed by atoms with van der Waals surface area (Å²) in [5.41, 5.74) is 5.49. The predicted octanol–water partition coefficient (Wildman–Crippen LogP) is 4.11. The third kappa shape index (κ3) is 6.28. The van der Waals surface area contributed by atoms with Gasteiger partial charge in [0.05, 0.1) is 5.56 Å². The molecule has 1 atom stereocenters. The van der Waals surface area contributed by atoms with Crippen molar-refractivity contribution in [1.82, 2.24) is 0 Å². The predicted molar refractivity (Wildman–Crippen MR) is 80.6 cm³/mol. The summed E-state index contributed by atoms with van der Waals surface area (Å²) < 4.78 is 44.4. The molecule has 1 unspecified atom stereocenters. The van der Waals surface area contributed by atoms with E-state index < -0.39 is 11.7 Å². The van der Waals surface area contributed by atoms with Crippen LogP contribution in [-0.4, -0.2) is 25.5 Å². The molecule has 0 bridgehead atoms. The zero-order chi connectivity index (χ0) is 15.9. The summed E-state index contributed by atoms with van der Waals surface area (Å²) >= 11 is 1.41. The van der Waals surface area contributed by atoms with Gasteiger partial charge in [-0.1, -0.05) is 13.0 Å². The zero-order valence-electron chi connectivity index (χ0n) is 12.4. The third-order valence-electron chi connectivity index (χ3n) is 3.15. The van der Waals surface area contributed by atoms with Gasteiger partial charge in [-0.05, 0) is 37.0 Å². The van der Waals surface area contributed by atoms with Gasteiger partial charge in [-0.15, -0.1) is 11.8 Å². The molecular weight excluding hydrogens is 299 g/mol. The van der Waals surface area contributed by atoms with Crippen molar-refractivity contribution in [2.24, 2.45) is 5.73 Å². The molecule has 6 heteroatoms. The largest absolute Gasteiger partial charge is 0.416 e. The maximum absolute atomic E-state index is 13.2. The first kappa shape index (κ1) is 18.3. The molecule has 0 aliphatic heterocycles. The van der Waals surface area contributed by atoms with Crippen LogP contribution in [-0.2, 0) is 17.3 Å². The molecule has 0 saturated heterocycles. The molecule has 0 radical (unpaired) electrons. The van der Waals surface area contributed by atoms with Crippen LogP contribution in [0.3, 0.4) is 0 Å². The average Bonchev–Trinajstić information content (AvgIpc) is 2.43. The number of methoxy groups -OCH3 is 1. The van der Waals surface area contributed by atoms with Gasteiger partial charge in [-0.25, -0.2) is 0 Å². The van der Waals surface area contributed by atoms with Crippen LogP contribution in [0, 0.1) is 0 Å². The standard InChI is InChI=1S/C15H22F3NOS/c1-3-12(19)9-11-5-6-13(21-8-4-7-20-2)10-14(11)15(16,17)18/h5-6,10,12H,3-4,7-9,19H2,1-2H3. The van der Waals surface area contributed by atoms with E-state index in [-0.39, 0.29) is 18.0 Å². The highest BCUT2D eigenvalue weighted by Gasteiger charge is 2.33. The van der Waals surface area contributed by atoms with Gasteiger partial charge in [0.15, 0.2) is 0 Å². The maximum Gasteiger partial charge on any atom is 0.416 e. The molecule has 120 valence electrons. The van der Waals surface area contributed by atoms with Crippen molar-refractivity contribution < 1.29 is 17.9 Å². The molecule has 0 aliphatic rings. The fourth-order valence-electron chi connectivity index (χ4n) is 1.91. The first-order valence-corrected chi connectivity index (χ1v) is 7.94. The summed E-state index contributed by atoms with van der Waals surface area (Å²) in [7, 11) is 1.61. The second-order valence-corrected chi connectivity index (χ2v) is 6.05. The fraction of sp³-hybridized carbons (Fsp3) is 0.600. The lowest BCUT2D eigenvalue weighted by Crippen LogP contribution is -2.23. The van der Waals surface area contributed by atoms with E-state index in [1.165, 1.54) is 17.8 Å². The van der Waals surface area contributed by atoms with Gasteiger partial charge in [0.2, 0.25) is 0 Å². The maximum atomic E-state index is 13.2. The third-order valence-corrected chi connectivity index (χ3v) is 4.23. The first-order valence-electron chi connectivity index (χ1n) is 6.96. The van der Waals surface area contributed by atoms with Gasteiger partial charge in [-0.3, -0.25) is 0 Å². The minimum atomic E-state index is -4.34. The van der Waals surface area contributed by atoms with E-state index in [2.05, 4.69) is 0 Å². The first-order chi connectivity index (χ1) is 9.88. The fourth-order valence-corrected chi connectivity index (χ4v) is 2.77. The Bertz CT molecular complexity index is 437. The van der Waals surface area contributed by atoms with E-state index in [9.17, 15) is 13.2 Å². The molecule has 0 saturated carbocycles. The van der Waals surface area contributed by atoms with Crippen LogP contribution in [0.4, 0.5) is 13.2 Å². The van der Waals surface area contributed by atoms with Crippen LogP contribution in [0.2, 0.25) is 0 Å². The number of thioether (sulfide) groups is 1. The number of alkyl halides is 3. The van der Waals surface area contributed by atoms with E-state index in [0.29, 0.717) is 17.9 Å². The van der Waals surface area contributed by atoms with Crippen LogP contribution in [0.25, 0.3) is 0 Å². The Labute approximate surface area is 128 Å². The smallest absolute Gasteiger partial charge is 0.385 e. The summed E-state index contributed by atoms with van der Waals surface area (Å²) in [6.07, 6.45) is -2.62. The highest BCUT2D eigenvalue weighted by atomic mass is 32.2. The van der Waals surface area contributed by atoms with Crippen LogP contribution in [0.1, 0.15) is 30.9 Å². The SMILES string of the molecule is CCC(N)Cc1ccc(SCCCOC)cc1C(F)(F)F. The molecule has 0 heterocycles. The van der Waals surface area contributed by atoms with Gasteiger partial charge in [-0.2, -0.15) is 13.2 Å². The van der Waals surface area contributed by atoms with Gasteiger partial charge in [0.25, 0.3) is 0 Å². The Morgan fingerprint density at radius 2 is 2.05 bits per heavy atom. The van der Waals surface area contributed by atoms with Crippen LogP contribution in [0.15, 0.2) is 23.1 Å². The molecule has 1 aromatic rings. The molecule has 0 aromatic heterocycles. The molecule has 0 aliphatic carbocycles. The minimum absolute atomic E-state index is 0.244. The van der Waals surface area contributed by atoms with Crippen molar-refractivity contribution in [1.29, 1.82) is 0 Å². The van der Waals surface area contributed by atoms with Gasteiger partial charge in [0, 0.05) is 30.4 Å². The topological polar surface area (TPSA) is 35.2 Å². The number of nitrogens with two attached hydrogens (primary N) is 1. The van der Waals surface area contributed by atoms with Crippen LogP contribution < -0.4 is 5.73 Å².